The van der Waals surface area contributed by atoms with Gasteiger partial charge in [0.05, 0.1) is 6.10 Å². The van der Waals surface area contributed by atoms with Gasteiger partial charge in [0.2, 0.25) is 5.91 Å². The molecule has 1 saturated carbocycles. The zero-order valence-corrected chi connectivity index (χ0v) is 8.78. The highest BCUT2D eigenvalue weighted by atomic mass is 16.3. The van der Waals surface area contributed by atoms with E-state index in [1.54, 1.807) is 6.92 Å². The van der Waals surface area contributed by atoms with Crippen LogP contribution in [0.5, 0.6) is 0 Å². The highest BCUT2D eigenvalue weighted by Gasteiger charge is 2.39. The molecule has 2 bridgehead atoms. The summed E-state index contributed by atoms with van der Waals surface area (Å²) in [5.41, 5.74) is 0. The largest absolute Gasteiger partial charge is 0.393 e. The van der Waals surface area contributed by atoms with Crippen LogP contribution in [0.15, 0.2) is 0 Å². The first-order valence-corrected chi connectivity index (χ1v) is 5.64. The van der Waals surface area contributed by atoms with Crippen LogP contribution in [-0.4, -0.2) is 34.6 Å². The van der Waals surface area contributed by atoms with Gasteiger partial charge >= 0.3 is 0 Å². The molecule has 3 atom stereocenters. The van der Waals surface area contributed by atoms with Gasteiger partial charge < -0.3 is 10.0 Å². The van der Waals surface area contributed by atoms with Crippen LogP contribution in [-0.2, 0) is 4.79 Å². The summed E-state index contributed by atoms with van der Waals surface area (Å²) in [6.07, 6.45) is 4.50. The molecule has 1 saturated heterocycles. The average molecular weight is 197 g/mol. The summed E-state index contributed by atoms with van der Waals surface area (Å²) in [7, 11) is 0. The van der Waals surface area contributed by atoms with Crippen molar-refractivity contribution in [2.75, 3.05) is 6.54 Å². The van der Waals surface area contributed by atoms with Crippen molar-refractivity contribution in [3.63, 3.8) is 0 Å². The van der Waals surface area contributed by atoms with Crippen LogP contribution in [0, 0.1) is 5.92 Å². The number of carbonyl (C=O) groups excluding carboxylic acids is 1. The standard InChI is InChI=1S/C11H19NO2/c1-8(13)2-5-11(14)12-7-9-3-4-10(12)6-9/h8-10,13H,2-7H2,1H3. The summed E-state index contributed by atoms with van der Waals surface area (Å²) >= 11 is 0. The average Bonchev–Trinajstić information content (AvgIpc) is 2.74. The van der Waals surface area contributed by atoms with Gasteiger partial charge in [-0.1, -0.05) is 0 Å². The van der Waals surface area contributed by atoms with Crippen molar-refractivity contribution in [2.24, 2.45) is 5.92 Å². The molecule has 1 aliphatic heterocycles. The van der Waals surface area contributed by atoms with E-state index >= 15 is 0 Å². The topological polar surface area (TPSA) is 40.5 Å². The number of carbonyl (C=O) groups is 1. The number of amides is 1. The fourth-order valence-corrected chi connectivity index (χ4v) is 2.71. The molecule has 3 heteroatoms. The number of nitrogens with zero attached hydrogens (tertiary/aromatic N) is 1. The van der Waals surface area contributed by atoms with Crippen molar-refractivity contribution in [1.29, 1.82) is 0 Å². The molecule has 80 valence electrons. The molecular formula is C11H19NO2. The zero-order chi connectivity index (χ0) is 10.1. The molecule has 2 fully saturated rings. The van der Waals surface area contributed by atoms with Crippen LogP contribution in [0.1, 0.15) is 39.0 Å². The molecule has 0 radical (unpaired) electrons. The van der Waals surface area contributed by atoms with E-state index in [1.807, 2.05) is 4.90 Å². The lowest BCUT2D eigenvalue weighted by molar-refractivity contribution is -0.133. The van der Waals surface area contributed by atoms with Gasteiger partial charge in [0.1, 0.15) is 0 Å². The van der Waals surface area contributed by atoms with E-state index in [0.717, 1.165) is 12.5 Å². The third-order valence-corrected chi connectivity index (χ3v) is 3.51. The number of piperidine rings is 1. The molecule has 1 heterocycles. The molecule has 0 aromatic rings. The number of hydrogen-bond acceptors (Lipinski definition) is 2. The summed E-state index contributed by atoms with van der Waals surface area (Å²) in [4.78, 5) is 13.8. The van der Waals surface area contributed by atoms with E-state index in [-0.39, 0.29) is 12.0 Å². The Morgan fingerprint density at radius 1 is 1.57 bits per heavy atom. The van der Waals surface area contributed by atoms with E-state index in [9.17, 15) is 4.79 Å². The number of rotatable bonds is 3. The van der Waals surface area contributed by atoms with Gasteiger partial charge in [-0.15, -0.1) is 0 Å². The lowest BCUT2D eigenvalue weighted by atomic mass is 10.1. The van der Waals surface area contributed by atoms with Gasteiger partial charge in [0, 0.05) is 19.0 Å². The molecule has 14 heavy (non-hydrogen) atoms. The maximum Gasteiger partial charge on any atom is 0.222 e. The molecule has 3 unspecified atom stereocenters. The van der Waals surface area contributed by atoms with Crippen LogP contribution in [0.25, 0.3) is 0 Å². The van der Waals surface area contributed by atoms with Crippen LogP contribution >= 0.6 is 0 Å². The SMILES string of the molecule is CC(O)CCC(=O)N1CC2CCC1C2. The first-order valence-electron chi connectivity index (χ1n) is 5.64. The first-order chi connectivity index (χ1) is 6.66. The summed E-state index contributed by atoms with van der Waals surface area (Å²) in [6, 6.07) is 0.529. The molecule has 1 aliphatic carbocycles. The smallest absolute Gasteiger partial charge is 0.222 e. The van der Waals surface area contributed by atoms with Crippen molar-refractivity contribution in [3.05, 3.63) is 0 Å². The Labute approximate surface area is 85.1 Å². The van der Waals surface area contributed by atoms with E-state index in [0.29, 0.717) is 18.9 Å². The Balaban J connectivity index is 1.81. The first kappa shape index (κ1) is 9.97. The number of hydrogen-bond donors (Lipinski definition) is 1. The molecule has 1 N–H and O–H groups in total. The molecule has 0 spiro atoms. The molecule has 3 nitrogen and oxygen atoms in total. The fraction of sp³-hybridized carbons (Fsp3) is 0.909. The third kappa shape index (κ3) is 1.92. The third-order valence-electron chi connectivity index (χ3n) is 3.51. The van der Waals surface area contributed by atoms with Gasteiger partial charge in [0.15, 0.2) is 0 Å². The zero-order valence-electron chi connectivity index (χ0n) is 8.78. The summed E-state index contributed by atoms with van der Waals surface area (Å²) < 4.78 is 0. The number of fused-ring (bicyclic) bond motifs is 2. The lowest BCUT2D eigenvalue weighted by Gasteiger charge is -2.27. The fourth-order valence-electron chi connectivity index (χ4n) is 2.71. The Bertz CT molecular complexity index is 227. The minimum atomic E-state index is -0.348. The van der Waals surface area contributed by atoms with Crippen molar-refractivity contribution >= 4 is 5.91 Å². The van der Waals surface area contributed by atoms with Crippen LogP contribution in [0.3, 0.4) is 0 Å². The lowest BCUT2D eigenvalue weighted by Crippen LogP contribution is -2.37. The summed E-state index contributed by atoms with van der Waals surface area (Å²) in [5.74, 6) is 1.02. The van der Waals surface area contributed by atoms with Gasteiger partial charge in [-0.25, -0.2) is 0 Å². The molecule has 0 aromatic carbocycles. The van der Waals surface area contributed by atoms with Crippen molar-refractivity contribution in [2.45, 2.75) is 51.2 Å². The predicted octanol–water partition coefficient (Wildman–Crippen LogP) is 1.16. The number of aliphatic hydroxyl groups excluding tert-OH is 1. The normalized spacial score (nSPS) is 32.3. The van der Waals surface area contributed by atoms with Gasteiger partial charge in [-0.3, -0.25) is 4.79 Å². The highest BCUT2D eigenvalue weighted by Crippen LogP contribution is 2.37. The monoisotopic (exact) mass is 197 g/mol. The molecule has 1 amide bonds. The highest BCUT2D eigenvalue weighted by molar-refractivity contribution is 5.77. The van der Waals surface area contributed by atoms with Gasteiger partial charge in [-0.05, 0) is 38.5 Å². The van der Waals surface area contributed by atoms with E-state index in [4.69, 9.17) is 5.11 Å². The predicted molar refractivity (Wildman–Crippen MR) is 53.8 cm³/mol. The van der Waals surface area contributed by atoms with Gasteiger partial charge in [-0.2, -0.15) is 0 Å². The van der Waals surface area contributed by atoms with Crippen molar-refractivity contribution in [3.8, 4) is 0 Å². The quantitative estimate of drug-likeness (QED) is 0.737. The Morgan fingerprint density at radius 3 is 2.86 bits per heavy atom. The second kappa shape index (κ2) is 3.89. The van der Waals surface area contributed by atoms with E-state index in [2.05, 4.69) is 0 Å². The minimum absolute atomic E-state index is 0.248. The molecular weight excluding hydrogens is 178 g/mol. The molecule has 2 rings (SSSR count). The summed E-state index contributed by atoms with van der Waals surface area (Å²) in [6.45, 7) is 2.72. The Morgan fingerprint density at radius 2 is 2.36 bits per heavy atom. The van der Waals surface area contributed by atoms with E-state index < -0.39 is 0 Å². The van der Waals surface area contributed by atoms with Crippen LogP contribution in [0.2, 0.25) is 0 Å². The maximum atomic E-state index is 11.8. The second-order valence-electron chi connectivity index (χ2n) is 4.77. The Kier molecular flexibility index (Phi) is 2.77. The number of likely N-dealkylation sites (tertiary alicyclic amines) is 1. The van der Waals surface area contributed by atoms with Crippen molar-refractivity contribution in [1.82, 2.24) is 4.90 Å². The summed E-state index contributed by atoms with van der Waals surface area (Å²) in [5, 5.41) is 9.11. The van der Waals surface area contributed by atoms with Gasteiger partial charge in [0.25, 0.3) is 0 Å². The van der Waals surface area contributed by atoms with Crippen LogP contribution in [0.4, 0.5) is 0 Å². The van der Waals surface area contributed by atoms with Crippen LogP contribution < -0.4 is 0 Å². The maximum absolute atomic E-state index is 11.8. The minimum Gasteiger partial charge on any atom is -0.393 e. The van der Waals surface area contributed by atoms with Crippen molar-refractivity contribution < 1.29 is 9.90 Å². The van der Waals surface area contributed by atoms with E-state index in [1.165, 1.54) is 19.3 Å². The second-order valence-corrected chi connectivity index (χ2v) is 4.77. The number of aliphatic hydroxyl groups is 1. The Hall–Kier alpha value is -0.570. The molecule has 2 aliphatic rings. The molecule has 0 aromatic heterocycles.